The van der Waals surface area contributed by atoms with Gasteiger partial charge in [0.25, 0.3) is 0 Å². The van der Waals surface area contributed by atoms with Crippen LogP contribution in [0.25, 0.3) is 0 Å². The summed E-state index contributed by atoms with van der Waals surface area (Å²) in [7, 11) is 1.74. The fourth-order valence-corrected chi connectivity index (χ4v) is 3.95. The number of aryl methyl sites for hydroxylation is 1. The molecule has 0 bridgehead atoms. The topological polar surface area (TPSA) is 21.3 Å². The highest BCUT2D eigenvalue weighted by molar-refractivity contribution is 5.37. The fraction of sp³-hybridized carbons (Fsp3) is 0.684. The first kappa shape index (κ1) is 16.4. The zero-order valence-corrected chi connectivity index (χ0v) is 14.3. The van der Waals surface area contributed by atoms with E-state index < -0.39 is 0 Å². The highest BCUT2D eigenvalue weighted by Crippen LogP contribution is 2.47. The van der Waals surface area contributed by atoms with Crippen LogP contribution in [0.4, 0.5) is 0 Å². The van der Waals surface area contributed by atoms with E-state index in [4.69, 9.17) is 4.74 Å². The van der Waals surface area contributed by atoms with Crippen molar-refractivity contribution in [3.63, 3.8) is 0 Å². The fourth-order valence-electron chi connectivity index (χ4n) is 3.95. The van der Waals surface area contributed by atoms with Gasteiger partial charge in [-0.05, 0) is 60.9 Å². The van der Waals surface area contributed by atoms with E-state index in [9.17, 15) is 0 Å². The number of ether oxygens (including phenoxy) is 1. The van der Waals surface area contributed by atoms with Crippen LogP contribution >= 0.6 is 0 Å². The second kappa shape index (κ2) is 6.83. The molecular weight excluding hydrogens is 258 g/mol. The Hall–Kier alpha value is -1.02. The lowest BCUT2D eigenvalue weighted by atomic mass is 9.64. The first-order chi connectivity index (χ1) is 9.99. The Morgan fingerprint density at radius 1 is 1.33 bits per heavy atom. The molecule has 0 saturated heterocycles. The molecule has 1 aromatic carbocycles. The molecule has 1 aliphatic rings. The van der Waals surface area contributed by atoms with Crippen molar-refractivity contribution in [2.45, 2.75) is 59.4 Å². The number of rotatable bonds is 5. The maximum atomic E-state index is 5.36. The largest absolute Gasteiger partial charge is 0.497 e. The molecule has 0 aliphatic heterocycles. The van der Waals surface area contributed by atoms with Crippen molar-refractivity contribution in [1.29, 1.82) is 0 Å². The van der Waals surface area contributed by atoms with E-state index in [1.807, 2.05) is 0 Å². The third kappa shape index (κ3) is 3.60. The molecule has 1 saturated carbocycles. The van der Waals surface area contributed by atoms with E-state index in [0.29, 0.717) is 17.4 Å². The minimum Gasteiger partial charge on any atom is -0.497 e. The van der Waals surface area contributed by atoms with Gasteiger partial charge in [0.2, 0.25) is 0 Å². The summed E-state index contributed by atoms with van der Waals surface area (Å²) in [6, 6.07) is 6.97. The molecule has 2 atom stereocenters. The Balaban J connectivity index is 2.34. The van der Waals surface area contributed by atoms with E-state index in [0.717, 1.165) is 12.3 Å². The first-order valence-electron chi connectivity index (χ1n) is 8.37. The zero-order chi connectivity index (χ0) is 15.5. The van der Waals surface area contributed by atoms with Gasteiger partial charge in [-0.25, -0.2) is 0 Å². The molecule has 118 valence electrons. The van der Waals surface area contributed by atoms with Crippen molar-refractivity contribution in [3.05, 3.63) is 29.3 Å². The van der Waals surface area contributed by atoms with E-state index in [2.05, 4.69) is 51.2 Å². The van der Waals surface area contributed by atoms with Crippen LogP contribution in [0, 0.1) is 18.3 Å². The highest BCUT2D eigenvalue weighted by Gasteiger charge is 2.38. The lowest BCUT2D eigenvalue weighted by Crippen LogP contribution is -2.39. The van der Waals surface area contributed by atoms with Gasteiger partial charge in [-0.2, -0.15) is 0 Å². The van der Waals surface area contributed by atoms with Crippen LogP contribution in [-0.4, -0.2) is 13.7 Å². The Labute approximate surface area is 130 Å². The quantitative estimate of drug-likeness (QED) is 0.835. The maximum Gasteiger partial charge on any atom is 0.119 e. The van der Waals surface area contributed by atoms with Crippen molar-refractivity contribution in [2.75, 3.05) is 13.7 Å². The van der Waals surface area contributed by atoms with Gasteiger partial charge in [-0.3, -0.25) is 0 Å². The van der Waals surface area contributed by atoms with Crippen molar-refractivity contribution < 1.29 is 4.74 Å². The SMILES string of the molecule is CCNC(c1ccc(OC)cc1C)C1CCCCC1(C)C. The van der Waals surface area contributed by atoms with Gasteiger partial charge in [0.15, 0.2) is 0 Å². The Bertz CT molecular complexity index is 467. The molecule has 2 nitrogen and oxygen atoms in total. The van der Waals surface area contributed by atoms with Crippen LogP contribution in [0.3, 0.4) is 0 Å². The number of nitrogens with one attached hydrogen (secondary N) is 1. The monoisotopic (exact) mass is 289 g/mol. The molecule has 1 aromatic rings. The van der Waals surface area contributed by atoms with Gasteiger partial charge in [-0.1, -0.05) is 39.7 Å². The Kier molecular flexibility index (Phi) is 5.32. The number of benzene rings is 1. The number of hydrogen-bond donors (Lipinski definition) is 1. The molecule has 0 amide bonds. The minimum atomic E-state index is 0.414. The van der Waals surface area contributed by atoms with Crippen molar-refractivity contribution in [1.82, 2.24) is 5.32 Å². The zero-order valence-electron chi connectivity index (χ0n) is 14.3. The average Bonchev–Trinajstić information content (AvgIpc) is 2.45. The summed E-state index contributed by atoms with van der Waals surface area (Å²) in [5.74, 6) is 1.66. The van der Waals surface area contributed by atoms with Crippen LogP contribution in [0.15, 0.2) is 18.2 Å². The highest BCUT2D eigenvalue weighted by atomic mass is 16.5. The van der Waals surface area contributed by atoms with Crippen LogP contribution < -0.4 is 10.1 Å². The second-order valence-corrected chi connectivity index (χ2v) is 7.10. The van der Waals surface area contributed by atoms with Gasteiger partial charge in [-0.15, -0.1) is 0 Å². The summed E-state index contributed by atoms with van der Waals surface area (Å²) < 4.78 is 5.36. The van der Waals surface area contributed by atoms with Crippen LogP contribution in [0.5, 0.6) is 5.75 Å². The van der Waals surface area contributed by atoms with E-state index >= 15 is 0 Å². The van der Waals surface area contributed by atoms with Gasteiger partial charge in [0.05, 0.1) is 7.11 Å². The Morgan fingerprint density at radius 2 is 2.10 bits per heavy atom. The lowest BCUT2D eigenvalue weighted by Gasteiger charge is -2.44. The van der Waals surface area contributed by atoms with Crippen LogP contribution in [0.2, 0.25) is 0 Å². The maximum absolute atomic E-state index is 5.36. The minimum absolute atomic E-state index is 0.414. The van der Waals surface area contributed by atoms with E-state index in [1.165, 1.54) is 36.8 Å². The number of methoxy groups -OCH3 is 1. The summed E-state index contributed by atoms with van der Waals surface area (Å²) in [4.78, 5) is 0. The Morgan fingerprint density at radius 3 is 2.67 bits per heavy atom. The van der Waals surface area contributed by atoms with Crippen LogP contribution in [0.1, 0.15) is 63.6 Å². The second-order valence-electron chi connectivity index (χ2n) is 7.10. The smallest absolute Gasteiger partial charge is 0.119 e. The van der Waals surface area contributed by atoms with E-state index in [-0.39, 0.29) is 0 Å². The molecule has 1 aliphatic carbocycles. The van der Waals surface area contributed by atoms with Crippen molar-refractivity contribution in [2.24, 2.45) is 11.3 Å². The summed E-state index contributed by atoms with van der Waals surface area (Å²) in [5.41, 5.74) is 3.19. The normalized spacial score (nSPS) is 22.8. The molecule has 0 radical (unpaired) electrons. The molecule has 2 rings (SSSR count). The van der Waals surface area contributed by atoms with Crippen molar-refractivity contribution >= 4 is 0 Å². The summed E-state index contributed by atoms with van der Waals surface area (Å²) in [5, 5.41) is 3.76. The molecule has 1 fully saturated rings. The van der Waals surface area contributed by atoms with Gasteiger partial charge < -0.3 is 10.1 Å². The molecule has 2 unspecified atom stereocenters. The summed E-state index contributed by atoms with van der Waals surface area (Å²) in [6.45, 7) is 10.3. The molecule has 0 heterocycles. The van der Waals surface area contributed by atoms with E-state index in [1.54, 1.807) is 7.11 Å². The first-order valence-corrected chi connectivity index (χ1v) is 8.37. The average molecular weight is 289 g/mol. The summed E-state index contributed by atoms with van der Waals surface area (Å²) >= 11 is 0. The predicted molar refractivity (Wildman–Crippen MR) is 89.9 cm³/mol. The third-order valence-electron chi connectivity index (χ3n) is 5.23. The molecule has 2 heteroatoms. The van der Waals surface area contributed by atoms with Crippen LogP contribution in [-0.2, 0) is 0 Å². The number of hydrogen-bond acceptors (Lipinski definition) is 2. The van der Waals surface area contributed by atoms with Gasteiger partial charge in [0.1, 0.15) is 5.75 Å². The molecule has 21 heavy (non-hydrogen) atoms. The molecular formula is C19H31NO. The van der Waals surface area contributed by atoms with Gasteiger partial charge >= 0.3 is 0 Å². The predicted octanol–water partition coefficient (Wildman–Crippen LogP) is 4.87. The molecule has 0 aromatic heterocycles. The molecule has 0 spiro atoms. The third-order valence-corrected chi connectivity index (χ3v) is 5.23. The summed E-state index contributed by atoms with van der Waals surface area (Å²) in [6.07, 6.45) is 5.42. The lowest BCUT2D eigenvalue weighted by molar-refractivity contribution is 0.0986. The van der Waals surface area contributed by atoms with Gasteiger partial charge in [0, 0.05) is 6.04 Å². The standard InChI is InChI=1S/C19H31NO/c1-6-20-18(17-9-7-8-12-19(17,3)4)16-11-10-15(21-5)13-14(16)2/h10-11,13,17-18,20H,6-9,12H2,1-5H3. The molecule has 1 N–H and O–H groups in total. The van der Waals surface area contributed by atoms with Crippen molar-refractivity contribution in [3.8, 4) is 5.75 Å².